The van der Waals surface area contributed by atoms with Crippen molar-refractivity contribution in [2.24, 2.45) is 0 Å². The molecule has 0 spiro atoms. The number of hydrogen-bond donors (Lipinski definition) is 2. The van der Waals surface area contributed by atoms with Gasteiger partial charge < -0.3 is 10.4 Å². The van der Waals surface area contributed by atoms with Crippen LogP contribution in [0.2, 0.25) is 0 Å². The van der Waals surface area contributed by atoms with E-state index in [-0.39, 0.29) is 0 Å². The second kappa shape index (κ2) is 6.06. The van der Waals surface area contributed by atoms with Crippen molar-refractivity contribution in [3.63, 3.8) is 0 Å². The average molecular weight is 267 g/mol. The highest BCUT2D eigenvalue weighted by molar-refractivity contribution is 5.91. The molecule has 0 aliphatic rings. The van der Waals surface area contributed by atoms with E-state index in [2.05, 4.69) is 11.4 Å². The van der Waals surface area contributed by atoms with Gasteiger partial charge in [0.2, 0.25) is 0 Å². The highest BCUT2D eigenvalue weighted by atomic mass is 16.4. The van der Waals surface area contributed by atoms with Gasteiger partial charge in [-0.1, -0.05) is 36.4 Å². The van der Waals surface area contributed by atoms with E-state index in [1.165, 1.54) is 0 Å². The molecule has 0 aliphatic carbocycles. The Kier molecular flexibility index (Phi) is 4.20. The van der Waals surface area contributed by atoms with Gasteiger partial charge in [-0.3, -0.25) is 0 Å². The molecule has 0 saturated carbocycles. The molecule has 2 aromatic carbocycles. The Balaban J connectivity index is 2.28. The molecular formula is C17H17NO2. The quantitative estimate of drug-likeness (QED) is 0.826. The summed E-state index contributed by atoms with van der Waals surface area (Å²) in [5.74, 6) is -0.893. The predicted molar refractivity (Wildman–Crippen MR) is 82.7 cm³/mol. The molecule has 0 bridgehead atoms. The Labute approximate surface area is 118 Å². The first-order chi connectivity index (χ1) is 9.60. The fraction of sp³-hybridized carbons (Fsp3) is 0.118. The van der Waals surface area contributed by atoms with Crippen LogP contribution in [0, 0.1) is 0 Å². The molecule has 0 unspecified atom stereocenters. The van der Waals surface area contributed by atoms with Crippen LogP contribution in [0.3, 0.4) is 0 Å². The molecule has 102 valence electrons. The van der Waals surface area contributed by atoms with Crippen LogP contribution in [0.15, 0.2) is 54.1 Å². The summed E-state index contributed by atoms with van der Waals surface area (Å²) in [7, 11) is 1.89. The minimum atomic E-state index is -0.893. The Morgan fingerprint density at radius 3 is 2.40 bits per heavy atom. The van der Waals surface area contributed by atoms with E-state index in [9.17, 15) is 4.79 Å². The molecule has 0 atom stereocenters. The van der Waals surface area contributed by atoms with E-state index in [0.717, 1.165) is 22.4 Å². The lowest BCUT2D eigenvalue weighted by molar-refractivity contribution is -0.132. The number of carbonyl (C=O) groups is 1. The van der Waals surface area contributed by atoms with Crippen LogP contribution in [-0.2, 0) is 4.79 Å². The van der Waals surface area contributed by atoms with E-state index >= 15 is 0 Å². The molecule has 0 heterocycles. The van der Waals surface area contributed by atoms with Gasteiger partial charge in [0.15, 0.2) is 0 Å². The Bertz CT molecular complexity index is 642. The van der Waals surface area contributed by atoms with Gasteiger partial charge in [-0.25, -0.2) is 4.79 Å². The smallest absolute Gasteiger partial charge is 0.331 e. The summed E-state index contributed by atoms with van der Waals surface area (Å²) in [5.41, 5.74) is 4.51. The van der Waals surface area contributed by atoms with E-state index in [0.29, 0.717) is 5.57 Å². The highest BCUT2D eigenvalue weighted by Crippen LogP contribution is 2.23. The molecule has 0 aliphatic heterocycles. The van der Waals surface area contributed by atoms with Crippen LogP contribution in [0.5, 0.6) is 0 Å². The first-order valence-corrected chi connectivity index (χ1v) is 6.40. The van der Waals surface area contributed by atoms with Crippen LogP contribution < -0.4 is 5.32 Å². The number of hydrogen-bond acceptors (Lipinski definition) is 2. The Morgan fingerprint density at radius 2 is 1.80 bits per heavy atom. The molecule has 2 aromatic rings. The van der Waals surface area contributed by atoms with Crippen LogP contribution in [0.25, 0.3) is 17.2 Å². The molecule has 2 N–H and O–H groups in total. The molecule has 0 aromatic heterocycles. The molecule has 0 amide bonds. The van der Waals surface area contributed by atoms with E-state index in [1.807, 2.05) is 49.5 Å². The predicted octanol–water partition coefficient (Wildman–Crippen LogP) is 3.88. The summed E-state index contributed by atoms with van der Waals surface area (Å²) in [6.45, 7) is 1.59. The number of aliphatic carboxylic acids is 1. The van der Waals surface area contributed by atoms with Crippen molar-refractivity contribution >= 4 is 17.7 Å². The zero-order chi connectivity index (χ0) is 14.5. The third-order valence-electron chi connectivity index (χ3n) is 3.12. The van der Waals surface area contributed by atoms with Gasteiger partial charge in [-0.15, -0.1) is 0 Å². The van der Waals surface area contributed by atoms with E-state index in [4.69, 9.17) is 5.11 Å². The number of carboxylic acid groups (broad SMARTS) is 1. The second-order valence-corrected chi connectivity index (χ2v) is 4.59. The standard InChI is InChI=1S/C17H17NO2/c1-12(17(19)20)10-13-6-8-14(9-7-13)15-4-3-5-16(11-15)18-2/h3-11,18H,1-2H3,(H,19,20)/b12-10+. The van der Waals surface area contributed by atoms with E-state index < -0.39 is 5.97 Å². The van der Waals surface area contributed by atoms with Gasteiger partial charge in [0.25, 0.3) is 0 Å². The maximum Gasteiger partial charge on any atom is 0.331 e. The monoisotopic (exact) mass is 267 g/mol. The normalized spacial score (nSPS) is 11.2. The number of carboxylic acids is 1. The van der Waals surface area contributed by atoms with Crippen molar-refractivity contribution in [1.29, 1.82) is 0 Å². The van der Waals surface area contributed by atoms with Crippen LogP contribution in [-0.4, -0.2) is 18.1 Å². The highest BCUT2D eigenvalue weighted by Gasteiger charge is 2.01. The molecule has 2 rings (SSSR count). The maximum atomic E-state index is 10.8. The molecule has 3 nitrogen and oxygen atoms in total. The Hall–Kier alpha value is -2.55. The van der Waals surface area contributed by atoms with Crippen LogP contribution >= 0.6 is 0 Å². The van der Waals surface area contributed by atoms with Crippen molar-refractivity contribution < 1.29 is 9.90 Å². The lowest BCUT2D eigenvalue weighted by atomic mass is 10.0. The topological polar surface area (TPSA) is 49.3 Å². The fourth-order valence-corrected chi connectivity index (χ4v) is 1.94. The largest absolute Gasteiger partial charge is 0.478 e. The SMILES string of the molecule is CNc1cccc(-c2ccc(/C=C(\C)C(=O)O)cc2)c1. The van der Waals surface area contributed by atoms with Gasteiger partial charge in [0, 0.05) is 18.3 Å². The lowest BCUT2D eigenvalue weighted by Crippen LogP contribution is -1.95. The summed E-state index contributed by atoms with van der Waals surface area (Å²) in [5, 5.41) is 12.0. The van der Waals surface area contributed by atoms with Gasteiger partial charge in [-0.2, -0.15) is 0 Å². The third kappa shape index (κ3) is 3.26. The second-order valence-electron chi connectivity index (χ2n) is 4.59. The van der Waals surface area contributed by atoms with Crippen molar-refractivity contribution in [3.05, 3.63) is 59.7 Å². The number of benzene rings is 2. The number of rotatable bonds is 4. The van der Waals surface area contributed by atoms with Crippen LogP contribution in [0.1, 0.15) is 12.5 Å². The molecule has 0 radical (unpaired) electrons. The Morgan fingerprint density at radius 1 is 1.10 bits per heavy atom. The summed E-state index contributed by atoms with van der Waals surface area (Å²) in [6.07, 6.45) is 1.66. The summed E-state index contributed by atoms with van der Waals surface area (Å²) >= 11 is 0. The average Bonchev–Trinajstić information content (AvgIpc) is 2.48. The van der Waals surface area contributed by atoms with E-state index in [1.54, 1.807) is 13.0 Å². The minimum absolute atomic E-state index is 0.329. The van der Waals surface area contributed by atoms with Crippen molar-refractivity contribution in [2.45, 2.75) is 6.92 Å². The summed E-state index contributed by atoms with van der Waals surface area (Å²) < 4.78 is 0. The van der Waals surface area contributed by atoms with Crippen molar-refractivity contribution in [3.8, 4) is 11.1 Å². The molecule has 0 saturated heterocycles. The molecule has 3 heteroatoms. The summed E-state index contributed by atoms with van der Waals surface area (Å²) in [6, 6.07) is 16.0. The first-order valence-electron chi connectivity index (χ1n) is 6.40. The van der Waals surface area contributed by atoms with Gasteiger partial charge in [0.05, 0.1) is 0 Å². The van der Waals surface area contributed by atoms with Gasteiger partial charge in [0.1, 0.15) is 0 Å². The van der Waals surface area contributed by atoms with Gasteiger partial charge >= 0.3 is 5.97 Å². The third-order valence-corrected chi connectivity index (χ3v) is 3.12. The fourth-order valence-electron chi connectivity index (χ4n) is 1.94. The number of nitrogens with one attached hydrogen (secondary N) is 1. The lowest BCUT2D eigenvalue weighted by Gasteiger charge is -2.05. The minimum Gasteiger partial charge on any atom is -0.478 e. The maximum absolute atomic E-state index is 10.8. The number of anilines is 1. The van der Waals surface area contributed by atoms with Crippen LogP contribution in [0.4, 0.5) is 5.69 Å². The first kappa shape index (κ1) is 13.9. The summed E-state index contributed by atoms with van der Waals surface area (Å²) in [4.78, 5) is 10.8. The molecule has 0 fully saturated rings. The zero-order valence-electron chi connectivity index (χ0n) is 11.6. The van der Waals surface area contributed by atoms with Crippen molar-refractivity contribution in [1.82, 2.24) is 0 Å². The molecule has 20 heavy (non-hydrogen) atoms. The van der Waals surface area contributed by atoms with Gasteiger partial charge in [-0.05, 0) is 41.8 Å². The molecular weight excluding hydrogens is 250 g/mol. The zero-order valence-corrected chi connectivity index (χ0v) is 11.6. The van der Waals surface area contributed by atoms with Crippen molar-refractivity contribution in [2.75, 3.05) is 12.4 Å².